The molecular weight excluding hydrogens is 485 g/mol. The minimum absolute atomic E-state index is 0.212. The Morgan fingerprint density at radius 1 is 0.971 bits per heavy atom. The number of halogens is 2. The van der Waals surface area contributed by atoms with Crippen molar-refractivity contribution in [3.63, 3.8) is 0 Å². The molecule has 9 heteroatoms. The molecule has 180 valence electrons. The number of aromatic nitrogens is 2. The normalized spacial score (nSPS) is 22.7. The van der Waals surface area contributed by atoms with Gasteiger partial charge in [0.25, 0.3) is 5.91 Å². The van der Waals surface area contributed by atoms with Crippen molar-refractivity contribution in [1.82, 2.24) is 19.8 Å². The monoisotopic (exact) mass is 509 g/mol. The quantitative estimate of drug-likeness (QED) is 0.457. The van der Waals surface area contributed by atoms with Crippen LogP contribution in [0.25, 0.3) is 11.1 Å². The number of benzene rings is 2. The molecule has 2 atom stereocenters. The van der Waals surface area contributed by atoms with Gasteiger partial charge in [-0.15, -0.1) is 0 Å². The number of likely N-dealkylation sites (N-methyl/N-ethyl adjacent to an activating group) is 1. The number of imide groups is 1. The van der Waals surface area contributed by atoms with Crippen molar-refractivity contribution in [3.8, 4) is 11.1 Å². The number of carbonyl (C=O) groups excluding carboxylic acids is 2. The van der Waals surface area contributed by atoms with E-state index < -0.39 is 5.54 Å². The molecule has 0 N–H and O–H groups in total. The maximum absolute atomic E-state index is 14.1. The molecule has 2 aliphatic rings. The van der Waals surface area contributed by atoms with Gasteiger partial charge >= 0.3 is 6.03 Å². The van der Waals surface area contributed by atoms with E-state index in [9.17, 15) is 9.59 Å². The summed E-state index contributed by atoms with van der Waals surface area (Å²) in [4.78, 5) is 40.9. The summed E-state index contributed by atoms with van der Waals surface area (Å²) in [5, 5.41) is 0.730. The second-order valence-electron chi connectivity index (χ2n) is 9.36. The van der Waals surface area contributed by atoms with Gasteiger partial charge in [-0.05, 0) is 43.2 Å². The zero-order valence-corrected chi connectivity index (χ0v) is 21.2. The molecule has 2 fully saturated rings. The SMILES string of the molecule is CC(C)N1CC(c2ccc(-c3cncnc3)cc2)C2(C1)C(=O)N(c1cc(Cl)cc(Cl)c1)C(=O)N2C. The van der Waals surface area contributed by atoms with Crippen LogP contribution in [0.3, 0.4) is 0 Å². The summed E-state index contributed by atoms with van der Waals surface area (Å²) < 4.78 is 0. The van der Waals surface area contributed by atoms with Crippen LogP contribution in [0.15, 0.2) is 61.2 Å². The third-order valence-corrected chi connectivity index (χ3v) is 7.57. The number of amides is 3. The van der Waals surface area contributed by atoms with Crippen molar-refractivity contribution in [2.75, 3.05) is 25.0 Å². The minimum atomic E-state index is -1.05. The van der Waals surface area contributed by atoms with Gasteiger partial charge in [0.05, 0.1) is 5.69 Å². The summed E-state index contributed by atoms with van der Waals surface area (Å²) in [6, 6.07) is 12.7. The molecule has 3 amide bonds. The minimum Gasteiger partial charge on any atom is -0.310 e. The fraction of sp³-hybridized carbons (Fsp3) is 0.308. The highest BCUT2D eigenvalue weighted by Crippen LogP contribution is 2.47. The average Bonchev–Trinajstić information content (AvgIpc) is 3.33. The van der Waals surface area contributed by atoms with Gasteiger partial charge in [-0.1, -0.05) is 47.5 Å². The number of hydrogen-bond acceptors (Lipinski definition) is 5. The molecule has 7 nitrogen and oxygen atoms in total. The smallest absolute Gasteiger partial charge is 0.310 e. The molecule has 2 unspecified atom stereocenters. The van der Waals surface area contributed by atoms with Crippen LogP contribution in [0.5, 0.6) is 0 Å². The summed E-state index contributed by atoms with van der Waals surface area (Å²) in [6.45, 7) is 5.29. The maximum atomic E-state index is 14.1. The molecule has 0 bridgehead atoms. The van der Waals surface area contributed by atoms with Crippen LogP contribution >= 0.6 is 23.2 Å². The Morgan fingerprint density at radius 3 is 2.20 bits per heavy atom. The van der Waals surface area contributed by atoms with Crippen molar-refractivity contribution in [2.24, 2.45) is 0 Å². The van der Waals surface area contributed by atoms with Gasteiger partial charge in [0, 0.05) is 60.1 Å². The second-order valence-corrected chi connectivity index (χ2v) is 10.2. The molecule has 0 radical (unpaired) electrons. The van der Waals surface area contributed by atoms with E-state index in [-0.39, 0.29) is 23.9 Å². The van der Waals surface area contributed by atoms with Gasteiger partial charge < -0.3 is 4.90 Å². The first-order valence-corrected chi connectivity index (χ1v) is 12.2. The molecule has 35 heavy (non-hydrogen) atoms. The van der Waals surface area contributed by atoms with Gasteiger partial charge in [-0.2, -0.15) is 0 Å². The largest absolute Gasteiger partial charge is 0.332 e. The Hall–Kier alpha value is -3.00. The lowest BCUT2D eigenvalue weighted by Crippen LogP contribution is -2.54. The maximum Gasteiger partial charge on any atom is 0.332 e. The van der Waals surface area contributed by atoms with E-state index in [1.54, 1.807) is 42.5 Å². The van der Waals surface area contributed by atoms with Crippen LogP contribution < -0.4 is 4.90 Å². The van der Waals surface area contributed by atoms with E-state index in [2.05, 4.69) is 28.7 Å². The average molecular weight is 510 g/mol. The van der Waals surface area contributed by atoms with Crippen LogP contribution in [0.1, 0.15) is 25.3 Å². The number of likely N-dealkylation sites (tertiary alicyclic amines) is 1. The van der Waals surface area contributed by atoms with E-state index in [0.29, 0.717) is 28.8 Å². The topological polar surface area (TPSA) is 69.6 Å². The Morgan fingerprint density at radius 2 is 1.60 bits per heavy atom. The highest BCUT2D eigenvalue weighted by molar-refractivity contribution is 6.35. The third-order valence-electron chi connectivity index (χ3n) is 7.13. The molecule has 5 rings (SSSR count). The lowest BCUT2D eigenvalue weighted by Gasteiger charge is -2.34. The van der Waals surface area contributed by atoms with Crippen LogP contribution in [0, 0.1) is 0 Å². The Balaban J connectivity index is 1.57. The predicted octanol–water partition coefficient (Wildman–Crippen LogP) is 5.10. The first kappa shape index (κ1) is 23.7. The fourth-order valence-corrected chi connectivity index (χ4v) is 5.71. The van der Waals surface area contributed by atoms with Crippen LogP contribution in [0.4, 0.5) is 10.5 Å². The molecule has 0 aliphatic carbocycles. The zero-order valence-electron chi connectivity index (χ0n) is 19.7. The van der Waals surface area contributed by atoms with Gasteiger partial charge in [0.2, 0.25) is 0 Å². The Bertz CT molecular complexity index is 1260. The Kier molecular flexibility index (Phi) is 6.03. The second kappa shape index (κ2) is 8.90. The number of nitrogens with zero attached hydrogens (tertiary/aromatic N) is 5. The summed E-state index contributed by atoms with van der Waals surface area (Å²) in [7, 11) is 1.71. The predicted molar refractivity (Wildman–Crippen MR) is 137 cm³/mol. The fourth-order valence-electron chi connectivity index (χ4n) is 5.20. The van der Waals surface area contributed by atoms with E-state index >= 15 is 0 Å². The standard InChI is InChI=1S/C26H25Cl2N5O2/c1-16(2)32-13-23(18-6-4-17(5-7-18)19-11-29-15-30-12-19)26(14-32)24(34)33(25(35)31(26)3)22-9-20(27)8-21(28)10-22/h4-12,15-16,23H,13-14H2,1-3H3. The molecule has 3 aromatic rings. The molecule has 1 aromatic heterocycles. The number of hydrogen-bond donors (Lipinski definition) is 0. The summed E-state index contributed by atoms with van der Waals surface area (Å²) in [6.07, 6.45) is 5.03. The summed E-state index contributed by atoms with van der Waals surface area (Å²) in [5.74, 6) is -0.482. The zero-order chi connectivity index (χ0) is 24.9. The van der Waals surface area contributed by atoms with Gasteiger partial charge in [-0.3, -0.25) is 9.69 Å². The van der Waals surface area contributed by atoms with Crippen molar-refractivity contribution < 1.29 is 9.59 Å². The van der Waals surface area contributed by atoms with Gasteiger partial charge in [-0.25, -0.2) is 19.7 Å². The van der Waals surface area contributed by atoms with Gasteiger partial charge in [0.15, 0.2) is 0 Å². The molecule has 2 aliphatic heterocycles. The van der Waals surface area contributed by atoms with Crippen LogP contribution in [-0.4, -0.2) is 63.4 Å². The molecular formula is C26H25Cl2N5O2. The first-order chi connectivity index (χ1) is 16.7. The highest BCUT2D eigenvalue weighted by Gasteiger charge is 2.64. The van der Waals surface area contributed by atoms with Crippen molar-refractivity contribution >= 4 is 40.8 Å². The van der Waals surface area contributed by atoms with Gasteiger partial charge in [0.1, 0.15) is 11.9 Å². The molecule has 1 spiro atoms. The van der Waals surface area contributed by atoms with E-state index in [4.69, 9.17) is 23.2 Å². The number of anilines is 1. The number of carbonyl (C=O) groups is 2. The Labute approximate surface area is 214 Å². The van der Waals surface area contributed by atoms with Crippen molar-refractivity contribution in [3.05, 3.63) is 76.8 Å². The summed E-state index contributed by atoms with van der Waals surface area (Å²) >= 11 is 12.4. The van der Waals surface area contributed by atoms with Crippen molar-refractivity contribution in [2.45, 2.75) is 31.3 Å². The highest BCUT2D eigenvalue weighted by atomic mass is 35.5. The molecule has 0 saturated carbocycles. The number of urea groups is 1. The van der Waals surface area contributed by atoms with Crippen molar-refractivity contribution in [1.29, 1.82) is 0 Å². The molecule has 2 aromatic carbocycles. The lowest BCUT2D eigenvalue weighted by molar-refractivity contribution is -0.124. The van der Waals surface area contributed by atoms with E-state index in [1.165, 1.54) is 11.2 Å². The van der Waals surface area contributed by atoms with Crippen LogP contribution in [0.2, 0.25) is 10.0 Å². The lowest BCUT2D eigenvalue weighted by atomic mass is 9.80. The van der Waals surface area contributed by atoms with E-state index in [1.807, 2.05) is 24.3 Å². The third kappa shape index (κ3) is 3.88. The number of rotatable bonds is 4. The first-order valence-electron chi connectivity index (χ1n) is 11.4. The van der Waals surface area contributed by atoms with E-state index in [0.717, 1.165) is 16.7 Å². The van der Waals surface area contributed by atoms with Crippen LogP contribution in [-0.2, 0) is 4.79 Å². The molecule has 3 heterocycles. The molecule has 2 saturated heterocycles. The summed E-state index contributed by atoms with van der Waals surface area (Å²) in [5.41, 5.74) is 2.22.